The first-order valence-electron chi connectivity index (χ1n) is 2.73. The molecule has 0 aromatic carbocycles. The highest BCUT2D eigenvalue weighted by Gasteiger charge is 1.69. The topological polar surface area (TPSA) is 29.5 Å². The van der Waals surface area contributed by atoms with Crippen molar-refractivity contribution in [1.29, 1.82) is 0 Å². The molecule has 0 heterocycles. The van der Waals surface area contributed by atoms with Crippen molar-refractivity contribution in [3.05, 3.63) is 12.2 Å². The Bertz CT molecular complexity index is 128. The van der Waals surface area contributed by atoms with Crippen molar-refractivity contribution in [2.75, 3.05) is 13.2 Å². The number of hydrogen-bond donors (Lipinski definition) is 1. The molecule has 0 aliphatic carbocycles. The number of hydrogen-bond acceptors (Lipinski definition) is 2. The summed E-state index contributed by atoms with van der Waals surface area (Å²) in [5.74, 6) is 2.36. The molecule has 2 heteroatoms. The van der Waals surface area contributed by atoms with Crippen molar-refractivity contribution < 1.29 is 9.84 Å². The summed E-state index contributed by atoms with van der Waals surface area (Å²) in [6.45, 7) is 2.25. The Labute approximate surface area is 55.1 Å². The molecule has 0 amide bonds. The van der Waals surface area contributed by atoms with E-state index in [1.54, 1.807) is 0 Å². The summed E-state index contributed by atoms with van der Waals surface area (Å²) in [7, 11) is 0. The molecular weight excluding hydrogens is 116 g/mol. The third-order valence-electron chi connectivity index (χ3n) is 0.639. The van der Waals surface area contributed by atoms with Gasteiger partial charge in [0.2, 0.25) is 0 Å². The lowest BCUT2D eigenvalue weighted by Crippen LogP contribution is -1.81. The molecule has 9 heavy (non-hydrogen) atoms. The van der Waals surface area contributed by atoms with Gasteiger partial charge in [-0.05, 0) is 12.8 Å². The van der Waals surface area contributed by atoms with E-state index in [1.807, 2.05) is 19.1 Å². The van der Waals surface area contributed by atoms with Gasteiger partial charge in [-0.3, -0.25) is 0 Å². The Hall–Kier alpha value is -0.940. The number of allylic oxidation sites excluding steroid dienone is 1. The SMILES string of the molecule is CC=CCOC#CCO. The highest BCUT2D eigenvalue weighted by Crippen LogP contribution is 1.72. The maximum atomic E-state index is 8.15. The van der Waals surface area contributed by atoms with Crippen LogP contribution in [0.5, 0.6) is 0 Å². The first-order chi connectivity index (χ1) is 4.41. The quantitative estimate of drug-likeness (QED) is 0.332. The molecule has 0 spiro atoms. The lowest BCUT2D eigenvalue weighted by molar-refractivity contribution is 0.313. The molecule has 0 bridgehead atoms. The van der Waals surface area contributed by atoms with Crippen LogP contribution in [0.1, 0.15) is 6.92 Å². The van der Waals surface area contributed by atoms with E-state index < -0.39 is 0 Å². The van der Waals surface area contributed by atoms with E-state index in [0.717, 1.165) is 0 Å². The Morgan fingerprint density at radius 3 is 3.00 bits per heavy atom. The second kappa shape index (κ2) is 7.06. The zero-order valence-electron chi connectivity index (χ0n) is 5.42. The van der Waals surface area contributed by atoms with E-state index >= 15 is 0 Å². The molecule has 0 saturated carbocycles. The maximum Gasteiger partial charge on any atom is 0.118 e. The molecule has 0 aliphatic rings. The lowest BCUT2D eigenvalue weighted by Gasteiger charge is -1.85. The minimum Gasteiger partial charge on any atom is -0.442 e. The van der Waals surface area contributed by atoms with Crippen LogP contribution < -0.4 is 0 Å². The summed E-state index contributed by atoms with van der Waals surface area (Å²) >= 11 is 0. The summed E-state index contributed by atoms with van der Waals surface area (Å²) in [5.41, 5.74) is 0. The molecule has 0 fully saturated rings. The standard InChI is InChI=1S/C7H10O2/c1-2-3-6-9-7-4-5-8/h2-3,8H,5-6H2,1H3. The van der Waals surface area contributed by atoms with Crippen LogP contribution in [0.4, 0.5) is 0 Å². The average Bonchev–Trinajstić information content (AvgIpc) is 1.89. The second-order valence-corrected chi connectivity index (χ2v) is 1.32. The van der Waals surface area contributed by atoms with Gasteiger partial charge in [0.05, 0.1) is 0 Å². The van der Waals surface area contributed by atoms with Crippen LogP contribution in [0.3, 0.4) is 0 Å². The van der Waals surface area contributed by atoms with E-state index in [-0.39, 0.29) is 6.61 Å². The van der Waals surface area contributed by atoms with Crippen molar-refractivity contribution >= 4 is 0 Å². The third kappa shape index (κ3) is 7.06. The van der Waals surface area contributed by atoms with Gasteiger partial charge in [0, 0.05) is 0 Å². The predicted octanol–water partition coefficient (Wildman–Crippen LogP) is 0.532. The van der Waals surface area contributed by atoms with Gasteiger partial charge in [0.25, 0.3) is 0 Å². The molecule has 0 radical (unpaired) electrons. The summed E-state index contributed by atoms with van der Waals surface area (Å²) in [6.07, 6.45) is 6.03. The zero-order valence-corrected chi connectivity index (χ0v) is 5.42. The van der Waals surface area contributed by atoms with Crippen LogP contribution >= 0.6 is 0 Å². The van der Waals surface area contributed by atoms with Gasteiger partial charge in [-0.2, -0.15) is 0 Å². The molecule has 0 aromatic heterocycles. The molecule has 50 valence electrons. The molecule has 2 nitrogen and oxygen atoms in total. The molecule has 0 unspecified atom stereocenters. The van der Waals surface area contributed by atoms with Gasteiger partial charge in [-0.15, -0.1) is 0 Å². The normalized spacial score (nSPS) is 8.67. The highest BCUT2D eigenvalue weighted by molar-refractivity contribution is 4.91. The Kier molecular flexibility index (Phi) is 6.32. The Balaban J connectivity index is 3.09. The molecule has 0 rings (SSSR count). The maximum absolute atomic E-state index is 8.15. The van der Waals surface area contributed by atoms with Crippen molar-refractivity contribution in [3.63, 3.8) is 0 Å². The van der Waals surface area contributed by atoms with Crippen molar-refractivity contribution in [1.82, 2.24) is 0 Å². The van der Waals surface area contributed by atoms with Crippen LogP contribution in [0.25, 0.3) is 0 Å². The Morgan fingerprint density at radius 1 is 1.67 bits per heavy atom. The number of ether oxygens (including phenoxy) is 1. The predicted molar refractivity (Wildman–Crippen MR) is 35.6 cm³/mol. The zero-order chi connectivity index (χ0) is 6.95. The molecule has 0 aliphatic heterocycles. The smallest absolute Gasteiger partial charge is 0.118 e. The number of aliphatic hydroxyl groups excluding tert-OH is 1. The van der Waals surface area contributed by atoms with Crippen LogP contribution in [0, 0.1) is 12.0 Å². The van der Waals surface area contributed by atoms with Crippen LogP contribution in [0.2, 0.25) is 0 Å². The second-order valence-electron chi connectivity index (χ2n) is 1.32. The third-order valence-corrected chi connectivity index (χ3v) is 0.639. The van der Waals surface area contributed by atoms with Crippen molar-refractivity contribution in [2.45, 2.75) is 6.92 Å². The van der Waals surface area contributed by atoms with Gasteiger partial charge in [0.1, 0.15) is 19.3 Å². The van der Waals surface area contributed by atoms with Gasteiger partial charge >= 0.3 is 0 Å². The van der Waals surface area contributed by atoms with Gasteiger partial charge < -0.3 is 9.84 Å². The minimum atomic E-state index is -0.143. The van der Waals surface area contributed by atoms with E-state index in [1.165, 1.54) is 0 Å². The lowest BCUT2D eigenvalue weighted by atomic mass is 10.6. The van der Waals surface area contributed by atoms with Gasteiger partial charge in [-0.1, -0.05) is 12.2 Å². The summed E-state index contributed by atoms with van der Waals surface area (Å²) < 4.78 is 4.71. The fourth-order valence-corrected chi connectivity index (χ4v) is 0.269. The van der Waals surface area contributed by atoms with Crippen LogP contribution in [-0.2, 0) is 4.74 Å². The van der Waals surface area contributed by atoms with E-state index in [4.69, 9.17) is 9.84 Å². The van der Waals surface area contributed by atoms with E-state index in [2.05, 4.69) is 12.0 Å². The molecule has 0 saturated heterocycles. The van der Waals surface area contributed by atoms with Crippen molar-refractivity contribution in [2.24, 2.45) is 0 Å². The first-order valence-corrected chi connectivity index (χ1v) is 2.73. The molecule has 0 aromatic rings. The molecule has 1 N–H and O–H groups in total. The summed E-state index contributed by atoms with van der Waals surface area (Å²) in [6, 6.07) is 0. The van der Waals surface area contributed by atoms with Crippen LogP contribution in [0.15, 0.2) is 12.2 Å². The highest BCUT2D eigenvalue weighted by atomic mass is 16.5. The summed E-state index contributed by atoms with van der Waals surface area (Å²) in [5, 5.41) is 8.15. The fourth-order valence-electron chi connectivity index (χ4n) is 0.269. The minimum absolute atomic E-state index is 0.143. The largest absolute Gasteiger partial charge is 0.442 e. The summed E-state index contributed by atoms with van der Waals surface area (Å²) in [4.78, 5) is 0. The van der Waals surface area contributed by atoms with Gasteiger partial charge in [0.15, 0.2) is 0 Å². The number of aliphatic hydroxyl groups is 1. The van der Waals surface area contributed by atoms with E-state index in [0.29, 0.717) is 6.61 Å². The molecular formula is C7H10O2. The molecule has 0 atom stereocenters. The number of rotatable bonds is 2. The van der Waals surface area contributed by atoms with Gasteiger partial charge in [-0.25, -0.2) is 0 Å². The monoisotopic (exact) mass is 126 g/mol. The van der Waals surface area contributed by atoms with Crippen LogP contribution in [-0.4, -0.2) is 18.3 Å². The first kappa shape index (κ1) is 8.06. The van der Waals surface area contributed by atoms with Crippen molar-refractivity contribution in [3.8, 4) is 12.0 Å². The van der Waals surface area contributed by atoms with E-state index in [9.17, 15) is 0 Å². The average molecular weight is 126 g/mol. The fraction of sp³-hybridized carbons (Fsp3) is 0.429. The Morgan fingerprint density at radius 2 is 2.44 bits per heavy atom.